The first-order chi connectivity index (χ1) is 7.08. The van der Waals surface area contributed by atoms with Gasteiger partial charge < -0.3 is 10.2 Å². The summed E-state index contributed by atoms with van der Waals surface area (Å²) in [4.78, 5) is 22.0. The molecule has 2 rings (SSSR count). The molecular formula is C11H10ClNO3. The second kappa shape index (κ2) is 4.37. The average molecular weight is 240 g/mol. The Morgan fingerprint density at radius 1 is 1.31 bits per heavy atom. The van der Waals surface area contributed by atoms with Gasteiger partial charge in [0, 0.05) is 17.0 Å². The van der Waals surface area contributed by atoms with Crippen LogP contribution >= 0.6 is 12.4 Å². The summed E-state index contributed by atoms with van der Waals surface area (Å²) in [6.07, 6.45) is 0. The van der Waals surface area contributed by atoms with E-state index in [1.54, 1.807) is 12.1 Å². The highest BCUT2D eigenvalue weighted by molar-refractivity contribution is 5.96. The third kappa shape index (κ3) is 2.06. The summed E-state index contributed by atoms with van der Waals surface area (Å²) in [6.45, 7) is 1.81. The van der Waals surface area contributed by atoms with Crippen molar-refractivity contribution in [2.45, 2.75) is 6.92 Å². The third-order valence-corrected chi connectivity index (χ3v) is 2.24. The first kappa shape index (κ1) is 12.3. The molecule has 0 spiro atoms. The van der Waals surface area contributed by atoms with Crippen molar-refractivity contribution in [2.24, 2.45) is 5.73 Å². The average Bonchev–Trinajstić information content (AvgIpc) is 2.16. The molecule has 0 radical (unpaired) electrons. The Kier molecular flexibility index (Phi) is 3.34. The van der Waals surface area contributed by atoms with Crippen LogP contribution in [0.25, 0.3) is 11.0 Å². The predicted octanol–water partition coefficient (Wildman–Crippen LogP) is 1.62. The second-order valence-electron chi connectivity index (χ2n) is 3.32. The Balaban J connectivity index is 0.00000128. The normalized spacial score (nSPS) is 9.81. The number of amides is 1. The van der Waals surface area contributed by atoms with Crippen molar-refractivity contribution in [3.63, 3.8) is 0 Å². The van der Waals surface area contributed by atoms with E-state index < -0.39 is 11.5 Å². The van der Waals surface area contributed by atoms with E-state index in [-0.39, 0.29) is 12.4 Å². The molecule has 0 unspecified atom stereocenters. The lowest BCUT2D eigenvalue weighted by Crippen LogP contribution is -2.10. The Hall–Kier alpha value is -1.81. The standard InChI is InChI=1S/C11H9NO3.ClH/c1-6-4-10(13)15-9-5-7(11(12)14)2-3-8(6)9;/h2-5H,1H3,(H2,12,14);1H. The number of primary amides is 1. The topological polar surface area (TPSA) is 73.3 Å². The zero-order chi connectivity index (χ0) is 11.0. The monoisotopic (exact) mass is 239 g/mol. The van der Waals surface area contributed by atoms with E-state index in [4.69, 9.17) is 10.2 Å². The molecule has 0 fully saturated rings. The molecule has 0 atom stereocenters. The van der Waals surface area contributed by atoms with Crippen molar-refractivity contribution >= 4 is 29.3 Å². The molecule has 2 aromatic rings. The molecule has 1 heterocycles. The predicted molar refractivity (Wildman–Crippen MR) is 63.0 cm³/mol. The molecule has 1 aromatic heterocycles. The Morgan fingerprint density at radius 3 is 2.62 bits per heavy atom. The summed E-state index contributed by atoms with van der Waals surface area (Å²) < 4.78 is 4.97. The van der Waals surface area contributed by atoms with Crippen LogP contribution in [0.15, 0.2) is 33.5 Å². The summed E-state index contributed by atoms with van der Waals surface area (Å²) in [5, 5.41) is 0.805. The van der Waals surface area contributed by atoms with Crippen molar-refractivity contribution in [3.8, 4) is 0 Å². The number of aryl methyl sites for hydroxylation is 1. The molecule has 0 saturated carbocycles. The highest BCUT2D eigenvalue weighted by Gasteiger charge is 2.05. The number of fused-ring (bicyclic) bond motifs is 1. The zero-order valence-corrected chi connectivity index (χ0v) is 9.34. The molecule has 1 amide bonds. The minimum Gasteiger partial charge on any atom is -0.423 e. The van der Waals surface area contributed by atoms with Gasteiger partial charge in [0.2, 0.25) is 5.91 Å². The number of hydrogen-bond acceptors (Lipinski definition) is 3. The fourth-order valence-corrected chi connectivity index (χ4v) is 1.48. The number of halogens is 1. The summed E-state index contributed by atoms with van der Waals surface area (Å²) in [5.74, 6) is -0.541. The number of rotatable bonds is 1. The molecule has 2 N–H and O–H groups in total. The molecule has 0 aliphatic rings. The first-order valence-electron chi connectivity index (χ1n) is 4.42. The van der Waals surface area contributed by atoms with Crippen LogP contribution in [0.5, 0.6) is 0 Å². The molecule has 84 valence electrons. The van der Waals surface area contributed by atoms with Crippen LogP contribution in [-0.4, -0.2) is 5.91 Å². The molecule has 0 bridgehead atoms. The summed E-state index contributed by atoms with van der Waals surface area (Å²) in [7, 11) is 0. The van der Waals surface area contributed by atoms with Crippen molar-refractivity contribution < 1.29 is 9.21 Å². The van der Waals surface area contributed by atoms with Gasteiger partial charge in [0.15, 0.2) is 0 Å². The third-order valence-electron chi connectivity index (χ3n) is 2.24. The highest BCUT2D eigenvalue weighted by Crippen LogP contribution is 2.17. The van der Waals surface area contributed by atoms with Gasteiger partial charge in [0.25, 0.3) is 0 Å². The van der Waals surface area contributed by atoms with E-state index in [1.165, 1.54) is 12.1 Å². The van der Waals surface area contributed by atoms with E-state index in [2.05, 4.69) is 0 Å². The SMILES string of the molecule is Cc1cc(=O)oc2cc(C(N)=O)ccc12.Cl. The van der Waals surface area contributed by atoms with Crippen LogP contribution in [0.3, 0.4) is 0 Å². The van der Waals surface area contributed by atoms with E-state index in [1.807, 2.05) is 6.92 Å². The Labute approximate surface area is 97.5 Å². The van der Waals surface area contributed by atoms with Crippen molar-refractivity contribution in [1.29, 1.82) is 0 Å². The van der Waals surface area contributed by atoms with Crippen molar-refractivity contribution in [1.82, 2.24) is 0 Å². The molecule has 0 aliphatic carbocycles. The Morgan fingerprint density at radius 2 is 2.00 bits per heavy atom. The van der Waals surface area contributed by atoms with Gasteiger partial charge >= 0.3 is 5.63 Å². The maximum absolute atomic E-state index is 11.1. The Bertz CT molecular complexity index is 604. The molecular weight excluding hydrogens is 230 g/mol. The van der Waals surface area contributed by atoms with E-state index in [0.29, 0.717) is 11.1 Å². The van der Waals surface area contributed by atoms with Gasteiger partial charge in [-0.25, -0.2) is 4.79 Å². The van der Waals surface area contributed by atoms with Crippen molar-refractivity contribution in [2.75, 3.05) is 0 Å². The van der Waals surface area contributed by atoms with Crippen LogP contribution in [0.1, 0.15) is 15.9 Å². The maximum atomic E-state index is 11.1. The largest absolute Gasteiger partial charge is 0.423 e. The minimum absolute atomic E-state index is 0. The van der Waals surface area contributed by atoms with E-state index in [0.717, 1.165) is 10.9 Å². The first-order valence-corrected chi connectivity index (χ1v) is 4.42. The highest BCUT2D eigenvalue weighted by atomic mass is 35.5. The number of carbonyl (C=O) groups excluding carboxylic acids is 1. The number of nitrogens with two attached hydrogens (primary N) is 1. The molecule has 1 aromatic carbocycles. The van der Waals surface area contributed by atoms with Crippen LogP contribution in [0.4, 0.5) is 0 Å². The van der Waals surface area contributed by atoms with Gasteiger partial charge in [0.05, 0.1) is 0 Å². The molecule has 0 aliphatic heterocycles. The second-order valence-corrected chi connectivity index (χ2v) is 3.32. The van der Waals surface area contributed by atoms with E-state index in [9.17, 15) is 9.59 Å². The summed E-state index contributed by atoms with van der Waals surface area (Å²) in [6, 6.07) is 6.21. The smallest absolute Gasteiger partial charge is 0.336 e. The lowest BCUT2D eigenvalue weighted by molar-refractivity contribution is 0.100. The van der Waals surface area contributed by atoms with Crippen LogP contribution in [0, 0.1) is 6.92 Å². The van der Waals surface area contributed by atoms with Gasteiger partial charge in [-0.15, -0.1) is 12.4 Å². The lowest BCUT2D eigenvalue weighted by Gasteiger charge is -2.01. The molecule has 0 saturated heterocycles. The number of benzene rings is 1. The van der Waals surface area contributed by atoms with Gasteiger partial charge in [-0.1, -0.05) is 6.07 Å². The zero-order valence-electron chi connectivity index (χ0n) is 8.52. The minimum atomic E-state index is -0.541. The van der Waals surface area contributed by atoms with Gasteiger partial charge in [-0.3, -0.25) is 4.79 Å². The van der Waals surface area contributed by atoms with E-state index >= 15 is 0 Å². The number of carbonyl (C=O) groups is 1. The maximum Gasteiger partial charge on any atom is 0.336 e. The fraction of sp³-hybridized carbons (Fsp3) is 0.0909. The summed E-state index contributed by atoms with van der Waals surface area (Å²) >= 11 is 0. The van der Waals surface area contributed by atoms with Crippen LogP contribution in [0.2, 0.25) is 0 Å². The van der Waals surface area contributed by atoms with Crippen LogP contribution in [-0.2, 0) is 0 Å². The quantitative estimate of drug-likeness (QED) is 0.769. The summed E-state index contributed by atoms with van der Waals surface area (Å²) in [5.41, 5.74) is 6.23. The van der Waals surface area contributed by atoms with Gasteiger partial charge in [0.1, 0.15) is 5.58 Å². The molecule has 4 nitrogen and oxygen atoms in total. The molecule has 16 heavy (non-hydrogen) atoms. The number of hydrogen-bond donors (Lipinski definition) is 1. The fourth-order valence-electron chi connectivity index (χ4n) is 1.48. The van der Waals surface area contributed by atoms with Crippen LogP contribution < -0.4 is 11.4 Å². The molecule has 5 heteroatoms. The van der Waals surface area contributed by atoms with Gasteiger partial charge in [-0.2, -0.15) is 0 Å². The van der Waals surface area contributed by atoms with Gasteiger partial charge in [-0.05, 0) is 24.6 Å². The lowest BCUT2D eigenvalue weighted by atomic mass is 10.1. The van der Waals surface area contributed by atoms with Crippen molar-refractivity contribution in [3.05, 3.63) is 45.8 Å².